The van der Waals surface area contributed by atoms with Crippen LogP contribution in [-0.4, -0.2) is 24.4 Å². The first-order chi connectivity index (χ1) is 9.54. The van der Waals surface area contributed by atoms with Crippen LogP contribution in [0.2, 0.25) is 0 Å². The van der Waals surface area contributed by atoms with Crippen molar-refractivity contribution >= 4 is 11.8 Å². The normalized spacial score (nSPS) is 14.2. The molecule has 0 spiro atoms. The number of amides is 2. The first-order valence-corrected chi connectivity index (χ1v) is 7.21. The minimum Gasteiger partial charge on any atom is -0.352 e. The van der Waals surface area contributed by atoms with Crippen molar-refractivity contribution in [2.45, 2.75) is 39.2 Å². The number of hydrogen-bond donors (Lipinski definition) is 2. The Morgan fingerprint density at radius 2 is 1.85 bits per heavy atom. The molecule has 4 nitrogen and oxygen atoms in total. The van der Waals surface area contributed by atoms with Gasteiger partial charge in [-0.15, -0.1) is 0 Å². The molecule has 1 aromatic carbocycles. The number of benzene rings is 1. The highest BCUT2D eigenvalue weighted by Gasteiger charge is 2.23. The smallest absolute Gasteiger partial charge is 0.251 e. The lowest BCUT2D eigenvalue weighted by atomic mass is 10.0. The van der Waals surface area contributed by atoms with E-state index in [1.165, 1.54) is 5.56 Å². The Labute approximate surface area is 119 Å². The predicted molar refractivity (Wildman–Crippen MR) is 78.5 cm³/mol. The third-order valence-electron chi connectivity index (χ3n) is 3.21. The van der Waals surface area contributed by atoms with Crippen LogP contribution in [0.5, 0.6) is 0 Å². The highest BCUT2D eigenvalue weighted by atomic mass is 16.2. The van der Waals surface area contributed by atoms with Gasteiger partial charge in [0.15, 0.2) is 0 Å². The molecule has 108 valence electrons. The fourth-order valence-electron chi connectivity index (χ4n) is 2.03. The Morgan fingerprint density at radius 1 is 1.20 bits per heavy atom. The molecule has 0 aromatic heterocycles. The number of carbonyl (C=O) groups is 2. The standard InChI is InChI=1S/C16H22N2O2/c1-11(2)9-12-3-5-13(6-4-12)16(20)17-10-15(19)18-14-7-8-14/h3-6,11,14H,7-10H2,1-2H3,(H,17,20)(H,18,19). The summed E-state index contributed by atoms with van der Waals surface area (Å²) < 4.78 is 0. The summed E-state index contributed by atoms with van der Waals surface area (Å²) in [5.74, 6) is 0.283. The lowest BCUT2D eigenvalue weighted by Gasteiger charge is -2.08. The van der Waals surface area contributed by atoms with Crippen LogP contribution in [0.25, 0.3) is 0 Å². The highest BCUT2D eigenvalue weighted by Crippen LogP contribution is 2.18. The largest absolute Gasteiger partial charge is 0.352 e. The summed E-state index contributed by atoms with van der Waals surface area (Å²) in [5, 5.41) is 5.48. The van der Waals surface area contributed by atoms with Gasteiger partial charge in [0.2, 0.25) is 5.91 Å². The van der Waals surface area contributed by atoms with E-state index in [-0.39, 0.29) is 18.4 Å². The molecule has 0 saturated heterocycles. The van der Waals surface area contributed by atoms with Gasteiger partial charge in [-0.25, -0.2) is 0 Å². The minimum absolute atomic E-state index is 0.0447. The maximum atomic E-state index is 11.9. The SMILES string of the molecule is CC(C)Cc1ccc(C(=O)NCC(=O)NC2CC2)cc1. The average Bonchev–Trinajstić information content (AvgIpc) is 3.20. The van der Waals surface area contributed by atoms with E-state index in [1.807, 2.05) is 24.3 Å². The Balaban J connectivity index is 1.80. The molecule has 1 aliphatic carbocycles. The summed E-state index contributed by atoms with van der Waals surface area (Å²) in [6.45, 7) is 4.38. The van der Waals surface area contributed by atoms with Gasteiger partial charge in [-0.2, -0.15) is 0 Å². The van der Waals surface area contributed by atoms with Crippen LogP contribution in [0.3, 0.4) is 0 Å². The third kappa shape index (κ3) is 4.68. The lowest BCUT2D eigenvalue weighted by Crippen LogP contribution is -2.37. The Hall–Kier alpha value is -1.84. The van der Waals surface area contributed by atoms with Crippen LogP contribution >= 0.6 is 0 Å². The third-order valence-corrected chi connectivity index (χ3v) is 3.21. The molecule has 1 saturated carbocycles. The fraction of sp³-hybridized carbons (Fsp3) is 0.500. The molecule has 20 heavy (non-hydrogen) atoms. The topological polar surface area (TPSA) is 58.2 Å². The zero-order valence-electron chi connectivity index (χ0n) is 12.1. The van der Waals surface area contributed by atoms with Crippen LogP contribution < -0.4 is 10.6 Å². The molecule has 2 amide bonds. The van der Waals surface area contributed by atoms with Crippen LogP contribution in [0.1, 0.15) is 42.6 Å². The molecule has 1 fully saturated rings. The molecule has 1 aliphatic rings. The minimum atomic E-state index is -0.202. The monoisotopic (exact) mass is 274 g/mol. The highest BCUT2D eigenvalue weighted by molar-refractivity contribution is 5.96. The van der Waals surface area contributed by atoms with E-state index in [4.69, 9.17) is 0 Å². The van der Waals surface area contributed by atoms with E-state index in [0.29, 0.717) is 17.5 Å². The second-order valence-corrected chi connectivity index (χ2v) is 5.82. The fourth-order valence-corrected chi connectivity index (χ4v) is 2.03. The molecule has 0 heterocycles. The number of carbonyl (C=O) groups excluding carboxylic acids is 2. The van der Waals surface area contributed by atoms with Crippen molar-refractivity contribution in [2.75, 3.05) is 6.54 Å². The maximum absolute atomic E-state index is 11.9. The molecular weight excluding hydrogens is 252 g/mol. The van der Waals surface area contributed by atoms with Crippen LogP contribution in [-0.2, 0) is 11.2 Å². The van der Waals surface area contributed by atoms with Gasteiger partial charge in [-0.1, -0.05) is 26.0 Å². The van der Waals surface area contributed by atoms with Crippen molar-refractivity contribution in [3.8, 4) is 0 Å². The Morgan fingerprint density at radius 3 is 2.40 bits per heavy atom. The van der Waals surface area contributed by atoms with E-state index in [1.54, 1.807) is 0 Å². The van der Waals surface area contributed by atoms with Crippen LogP contribution in [0.4, 0.5) is 0 Å². The molecular formula is C16H22N2O2. The molecule has 0 radical (unpaired) electrons. The molecule has 2 N–H and O–H groups in total. The first-order valence-electron chi connectivity index (χ1n) is 7.21. The van der Waals surface area contributed by atoms with Gasteiger partial charge in [0.1, 0.15) is 0 Å². The van der Waals surface area contributed by atoms with Gasteiger partial charge in [0.25, 0.3) is 5.91 Å². The van der Waals surface area contributed by atoms with Crippen molar-refractivity contribution in [1.82, 2.24) is 10.6 Å². The number of rotatable bonds is 6. The molecule has 4 heteroatoms. The summed E-state index contributed by atoms with van der Waals surface area (Å²) in [7, 11) is 0. The molecule has 0 bridgehead atoms. The van der Waals surface area contributed by atoms with Crippen molar-refractivity contribution < 1.29 is 9.59 Å². The zero-order valence-corrected chi connectivity index (χ0v) is 12.1. The lowest BCUT2D eigenvalue weighted by molar-refractivity contribution is -0.120. The number of hydrogen-bond acceptors (Lipinski definition) is 2. The van der Waals surface area contributed by atoms with E-state index in [2.05, 4.69) is 24.5 Å². The zero-order chi connectivity index (χ0) is 14.5. The summed E-state index contributed by atoms with van der Waals surface area (Å²) in [6.07, 6.45) is 3.11. The molecule has 2 rings (SSSR count). The van der Waals surface area contributed by atoms with Crippen molar-refractivity contribution in [1.29, 1.82) is 0 Å². The summed E-state index contributed by atoms with van der Waals surface area (Å²) >= 11 is 0. The number of nitrogens with one attached hydrogen (secondary N) is 2. The van der Waals surface area contributed by atoms with Gasteiger partial charge in [0.05, 0.1) is 6.54 Å². The van der Waals surface area contributed by atoms with Crippen LogP contribution in [0, 0.1) is 5.92 Å². The quantitative estimate of drug-likeness (QED) is 0.832. The van der Waals surface area contributed by atoms with Gasteiger partial charge >= 0.3 is 0 Å². The summed E-state index contributed by atoms with van der Waals surface area (Å²) in [4.78, 5) is 23.4. The van der Waals surface area contributed by atoms with Crippen LogP contribution in [0.15, 0.2) is 24.3 Å². The van der Waals surface area contributed by atoms with E-state index < -0.39 is 0 Å². The van der Waals surface area contributed by atoms with Gasteiger partial charge in [-0.05, 0) is 42.9 Å². The predicted octanol–water partition coefficient (Wildman–Crippen LogP) is 1.89. The Bertz CT molecular complexity index is 476. The van der Waals surface area contributed by atoms with Crippen molar-refractivity contribution in [2.24, 2.45) is 5.92 Å². The summed E-state index contributed by atoms with van der Waals surface area (Å²) in [6, 6.07) is 7.89. The molecule has 0 aliphatic heterocycles. The second-order valence-electron chi connectivity index (χ2n) is 5.82. The second kappa shape index (κ2) is 6.55. The Kier molecular flexibility index (Phi) is 4.77. The first kappa shape index (κ1) is 14.6. The van der Waals surface area contributed by atoms with Gasteiger partial charge in [-0.3, -0.25) is 9.59 Å². The molecule has 1 aromatic rings. The molecule has 0 unspecified atom stereocenters. The summed E-state index contributed by atoms with van der Waals surface area (Å²) in [5.41, 5.74) is 1.82. The van der Waals surface area contributed by atoms with Gasteiger partial charge < -0.3 is 10.6 Å². The van der Waals surface area contributed by atoms with E-state index >= 15 is 0 Å². The van der Waals surface area contributed by atoms with Gasteiger partial charge in [0, 0.05) is 11.6 Å². The van der Waals surface area contributed by atoms with Crippen molar-refractivity contribution in [3.05, 3.63) is 35.4 Å². The van der Waals surface area contributed by atoms with E-state index in [0.717, 1.165) is 19.3 Å². The van der Waals surface area contributed by atoms with Crippen molar-refractivity contribution in [3.63, 3.8) is 0 Å². The van der Waals surface area contributed by atoms with E-state index in [9.17, 15) is 9.59 Å². The average molecular weight is 274 g/mol. The molecule has 0 atom stereocenters. The maximum Gasteiger partial charge on any atom is 0.251 e.